The quantitative estimate of drug-likeness (QED) is 0.306. The lowest BCUT2D eigenvalue weighted by molar-refractivity contribution is 1.18. The van der Waals surface area contributed by atoms with E-state index in [1.807, 2.05) is 12.1 Å². The van der Waals surface area contributed by atoms with E-state index >= 15 is 0 Å². The minimum atomic E-state index is 0.831. The molecule has 2 heteroatoms. The van der Waals surface area contributed by atoms with E-state index in [0.29, 0.717) is 0 Å². The monoisotopic (exact) mass is 367 g/mol. The predicted octanol–water partition coefficient (Wildman–Crippen LogP) is 7.41. The third-order valence-corrected chi connectivity index (χ3v) is 5.72. The molecule has 1 aromatic heterocycles. The summed E-state index contributed by atoms with van der Waals surface area (Å²) in [6, 6.07) is 31.7. The van der Waals surface area contributed by atoms with Crippen LogP contribution in [0.5, 0.6) is 0 Å². The Bertz CT molecular complexity index is 1270. The maximum Gasteiger partial charge on any atom is 0.0562 e. The van der Waals surface area contributed by atoms with Gasteiger partial charge in [-0.2, -0.15) is 0 Å². The first-order valence-electron chi connectivity index (χ1n) is 9.09. The normalized spacial score (nSPS) is 11.3. The number of rotatable bonds is 2. The van der Waals surface area contributed by atoms with Crippen LogP contribution < -0.4 is 0 Å². The number of aromatic nitrogens is 1. The van der Waals surface area contributed by atoms with Crippen LogP contribution in [-0.4, -0.2) is 4.57 Å². The first kappa shape index (κ1) is 16.2. The average molecular weight is 368 g/mol. The van der Waals surface area contributed by atoms with Crippen LogP contribution in [0.1, 0.15) is 5.56 Å². The van der Waals surface area contributed by atoms with Gasteiger partial charge in [0.15, 0.2) is 0 Å². The Hall–Kier alpha value is -3.03. The molecule has 0 radical (unpaired) electrons. The fourth-order valence-electron chi connectivity index (χ4n) is 3.95. The van der Waals surface area contributed by atoms with Crippen LogP contribution >= 0.6 is 11.6 Å². The zero-order chi connectivity index (χ0) is 18.4. The first-order chi connectivity index (χ1) is 13.3. The summed E-state index contributed by atoms with van der Waals surface area (Å²) in [5.74, 6) is 0. The molecule has 4 aromatic carbocycles. The summed E-state index contributed by atoms with van der Waals surface area (Å²) in [5, 5.41) is 3.13. The van der Waals surface area contributed by atoms with Crippen LogP contribution in [0, 0.1) is 6.92 Å². The van der Waals surface area contributed by atoms with Crippen molar-refractivity contribution in [2.45, 2.75) is 6.92 Å². The van der Waals surface area contributed by atoms with Gasteiger partial charge in [0, 0.05) is 16.5 Å². The number of para-hydroxylation sites is 2. The van der Waals surface area contributed by atoms with Crippen LogP contribution in [0.15, 0.2) is 91.0 Å². The fourth-order valence-corrected chi connectivity index (χ4v) is 4.25. The Labute approximate surface area is 163 Å². The number of hydrogen-bond donors (Lipinski definition) is 0. The summed E-state index contributed by atoms with van der Waals surface area (Å²) in [6.45, 7) is 2.11. The summed E-state index contributed by atoms with van der Waals surface area (Å²) in [7, 11) is 0. The highest BCUT2D eigenvalue weighted by atomic mass is 35.5. The molecular weight excluding hydrogens is 350 g/mol. The van der Waals surface area contributed by atoms with Crippen molar-refractivity contribution in [3.63, 3.8) is 0 Å². The maximum atomic E-state index is 6.95. The minimum absolute atomic E-state index is 0.831. The number of nitrogens with zero attached hydrogens (tertiary/aromatic N) is 1. The Morgan fingerprint density at radius 3 is 2.07 bits per heavy atom. The van der Waals surface area contributed by atoms with Crippen molar-refractivity contribution in [1.29, 1.82) is 0 Å². The number of halogens is 1. The molecule has 0 aliphatic heterocycles. The number of benzene rings is 4. The smallest absolute Gasteiger partial charge is 0.0562 e. The van der Waals surface area contributed by atoms with E-state index in [0.717, 1.165) is 27.2 Å². The van der Waals surface area contributed by atoms with Gasteiger partial charge in [0.25, 0.3) is 0 Å². The van der Waals surface area contributed by atoms with Crippen LogP contribution in [0.4, 0.5) is 0 Å². The molecule has 0 atom stereocenters. The second-order valence-corrected chi connectivity index (χ2v) is 7.19. The standard InChI is InChI=1S/C25H18ClN/c1-17-21(18-10-4-2-5-11-18)16-23-24(25(17)26)20-14-8-9-15-22(20)27(23)19-12-6-3-7-13-19/h2-16H,1H3. The van der Waals surface area contributed by atoms with Crippen LogP contribution in [-0.2, 0) is 0 Å². The molecule has 0 unspecified atom stereocenters. The molecule has 5 rings (SSSR count). The van der Waals surface area contributed by atoms with E-state index in [2.05, 4.69) is 90.4 Å². The summed E-state index contributed by atoms with van der Waals surface area (Å²) in [6.07, 6.45) is 0. The van der Waals surface area contributed by atoms with E-state index < -0.39 is 0 Å². The van der Waals surface area contributed by atoms with Crippen LogP contribution in [0.2, 0.25) is 5.02 Å². The molecule has 1 nitrogen and oxygen atoms in total. The molecule has 27 heavy (non-hydrogen) atoms. The highest BCUT2D eigenvalue weighted by molar-refractivity contribution is 6.39. The van der Waals surface area contributed by atoms with Crippen molar-refractivity contribution >= 4 is 33.4 Å². The highest BCUT2D eigenvalue weighted by Crippen LogP contribution is 2.41. The molecule has 0 saturated carbocycles. The molecular formula is C25H18ClN. The second-order valence-electron chi connectivity index (χ2n) is 6.81. The Morgan fingerprint density at radius 2 is 1.33 bits per heavy atom. The molecule has 0 spiro atoms. The summed E-state index contributed by atoms with van der Waals surface area (Å²) in [4.78, 5) is 0. The lowest BCUT2D eigenvalue weighted by Gasteiger charge is -2.12. The number of hydrogen-bond acceptors (Lipinski definition) is 0. The molecule has 0 saturated heterocycles. The van der Waals surface area contributed by atoms with Gasteiger partial charge in [-0.15, -0.1) is 0 Å². The Kier molecular flexibility index (Phi) is 3.77. The zero-order valence-electron chi connectivity index (χ0n) is 15.0. The van der Waals surface area contributed by atoms with Crippen molar-refractivity contribution in [3.8, 4) is 16.8 Å². The third-order valence-electron chi connectivity index (χ3n) is 5.24. The molecule has 5 aromatic rings. The molecule has 0 bridgehead atoms. The third kappa shape index (κ3) is 2.47. The second kappa shape index (κ2) is 6.29. The van der Waals surface area contributed by atoms with Gasteiger partial charge in [0.2, 0.25) is 0 Å². The van der Waals surface area contributed by atoms with Gasteiger partial charge in [-0.1, -0.05) is 78.3 Å². The minimum Gasteiger partial charge on any atom is -0.309 e. The van der Waals surface area contributed by atoms with Gasteiger partial charge < -0.3 is 4.57 Å². The van der Waals surface area contributed by atoms with E-state index in [1.165, 1.54) is 22.0 Å². The topological polar surface area (TPSA) is 4.93 Å². The van der Waals surface area contributed by atoms with E-state index in [1.54, 1.807) is 0 Å². The molecule has 1 heterocycles. The predicted molar refractivity (Wildman–Crippen MR) is 116 cm³/mol. The number of fused-ring (bicyclic) bond motifs is 3. The van der Waals surface area contributed by atoms with E-state index in [9.17, 15) is 0 Å². The zero-order valence-corrected chi connectivity index (χ0v) is 15.7. The molecule has 0 N–H and O–H groups in total. The SMILES string of the molecule is Cc1c(-c2ccccc2)cc2c(c1Cl)c1ccccc1n2-c1ccccc1. The van der Waals surface area contributed by atoms with Crippen molar-refractivity contribution in [3.05, 3.63) is 102 Å². The van der Waals surface area contributed by atoms with Crippen LogP contribution in [0.25, 0.3) is 38.6 Å². The van der Waals surface area contributed by atoms with Gasteiger partial charge >= 0.3 is 0 Å². The Morgan fingerprint density at radius 1 is 0.704 bits per heavy atom. The van der Waals surface area contributed by atoms with Crippen molar-refractivity contribution in [2.24, 2.45) is 0 Å². The van der Waals surface area contributed by atoms with Gasteiger partial charge in [0.05, 0.1) is 16.1 Å². The molecule has 0 aliphatic rings. The van der Waals surface area contributed by atoms with E-state index in [4.69, 9.17) is 11.6 Å². The van der Waals surface area contributed by atoms with Gasteiger partial charge in [0.1, 0.15) is 0 Å². The maximum absolute atomic E-state index is 6.95. The average Bonchev–Trinajstić information content (AvgIpc) is 3.06. The summed E-state index contributed by atoms with van der Waals surface area (Å²) >= 11 is 6.95. The fraction of sp³-hybridized carbons (Fsp3) is 0.0400. The molecule has 0 amide bonds. The lowest BCUT2D eigenvalue weighted by atomic mass is 9.98. The van der Waals surface area contributed by atoms with Crippen LogP contribution in [0.3, 0.4) is 0 Å². The van der Waals surface area contributed by atoms with Gasteiger partial charge in [-0.05, 0) is 47.9 Å². The van der Waals surface area contributed by atoms with Gasteiger partial charge in [-0.3, -0.25) is 0 Å². The van der Waals surface area contributed by atoms with Crippen molar-refractivity contribution < 1.29 is 0 Å². The van der Waals surface area contributed by atoms with Crippen molar-refractivity contribution in [1.82, 2.24) is 4.57 Å². The molecule has 130 valence electrons. The van der Waals surface area contributed by atoms with E-state index in [-0.39, 0.29) is 0 Å². The van der Waals surface area contributed by atoms with Crippen molar-refractivity contribution in [2.75, 3.05) is 0 Å². The Balaban J connectivity index is 1.97. The molecule has 0 fully saturated rings. The largest absolute Gasteiger partial charge is 0.309 e. The van der Waals surface area contributed by atoms with Gasteiger partial charge in [-0.25, -0.2) is 0 Å². The highest BCUT2D eigenvalue weighted by Gasteiger charge is 2.18. The first-order valence-corrected chi connectivity index (χ1v) is 9.46. The lowest BCUT2D eigenvalue weighted by Crippen LogP contribution is -1.94. The summed E-state index contributed by atoms with van der Waals surface area (Å²) < 4.78 is 2.31. The molecule has 0 aliphatic carbocycles. The summed E-state index contributed by atoms with van der Waals surface area (Å²) in [5.41, 5.74) is 6.92.